The van der Waals surface area contributed by atoms with Gasteiger partial charge in [0.15, 0.2) is 0 Å². The first-order valence-corrected chi connectivity index (χ1v) is 8.54. The van der Waals surface area contributed by atoms with Gasteiger partial charge in [-0.3, -0.25) is 9.69 Å². The van der Waals surface area contributed by atoms with E-state index in [4.69, 9.17) is 9.47 Å². The summed E-state index contributed by atoms with van der Waals surface area (Å²) in [5, 5.41) is 2.90. The van der Waals surface area contributed by atoms with Crippen LogP contribution in [0.15, 0.2) is 42.5 Å². The Morgan fingerprint density at radius 1 is 1.12 bits per heavy atom. The van der Waals surface area contributed by atoms with Crippen molar-refractivity contribution in [3.05, 3.63) is 51.6 Å². The van der Waals surface area contributed by atoms with Crippen molar-refractivity contribution in [1.82, 2.24) is 4.90 Å². The fourth-order valence-electron chi connectivity index (χ4n) is 2.31. The summed E-state index contributed by atoms with van der Waals surface area (Å²) in [6, 6.07) is 13.4. The number of halogens is 1. The first-order chi connectivity index (χ1) is 11.5. The molecule has 0 spiro atoms. The number of carbonyl (C=O) groups is 1. The molecule has 0 saturated carbocycles. The summed E-state index contributed by atoms with van der Waals surface area (Å²) in [6.45, 7) is 0.897. The molecular formula is C18H21IN2O3. The molecule has 0 fully saturated rings. The largest absolute Gasteiger partial charge is 0.497 e. The average Bonchev–Trinajstić information content (AvgIpc) is 2.57. The van der Waals surface area contributed by atoms with Gasteiger partial charge in [-0.1, -0.05) is 6.07 Å². The van der Waals surface area contributed by atoms with E-state index in [-0.39, 0.29) is 5.91 Å². The Kier molecular flexibility index (Phi) is 6.86. The SMILES string of the molecule is COc1ccc(CN(C)CC(=O)Nc2ccc(I)cc2)c(OC)c1. The van der Waals surface area contributed by atoms with Gasteiger partial charge in [-0.15, -0.1) is 0 Å². The summed E-state index contributed by atoms with van der Waals surface area (Å²) in [5.41, 5.74) is 1.80. The first kappa shape index (κ1) is 18.5. The predicted octanol–water partition coefficient (Wildman–Crippen LogP) is 3.38. The number of nitrogens with zero attached hydrogens (tertiary/aromatic N) is 1. The lowest BCUT2D eigenvalue weighted by Gasteiger charge is -2.18. The van der Waals surface area contributed by atoms with E-state index in [0.717, 1.165) is 26.3 Å². The van der Waals surface area contributed by atoms with Crippen molar-refractivity contribution in [3.8, 4) is 11.5 Å². The van der Waals surface area contributed by atoms with Crippen LogP contribution in [0.3, 0.4) is 0 Å². The predicted molar refractivity (Wildman–Crippen MR) is 104 cm³/mol. The van der Waals surface area contributed by atoms with E-state index in [1.54, 1.807) is 14.2 Å². The Bertz CT molecular complexity index is 689. The summed E-state index contributed by atoms with van der Waals surface area (Å²) in [7, 11) is 5.15. The maximum Gasteiger partial charge on any atom is 0.238 e. The smallest absolute Gasteiger partial charge is 0.238 e. The topological polar surface area (TPSA) is 50.8 Å². The van der Waals surface area contributed by atoms with Crippen LogP contribution in [0.5, 0.6) is 11.5 Å². The minimum absolute atomic E-state index is 0.0498. The summed E-state index contributed by atoms with van der Waals surface area (Å²) in [5.74, 6) is 1.44. The molecule has 0 heterocycles. The van der Waals surface area contributed by atoms with Crippen molar-refractivity contribution < 1.29 is 14.3 Å². The monoisotopic (exact) mass is 440 g/mol. The number of hydrogen-bond acceptors (Lipinski definition) is 4. The van der Waals surface area contributed by atoms with Gasteiger partial charge in [0.05, 0.1) is 20.8 Å². The molecule has 0 aromatic heterocycles. The maximum absolute atomic E-state index is 12.1. The maximum atomic E-state index is 12.1. The van der Waals surface area contributed by atoms with E-state index < -0.39 is 0 Å². The molecule has 2 aromatic rings. The van der Waals surface area contributed by atoms with Crippen LogP contribution in [0.4, 0.5) is 5.69 Å². The molecule has 0 radical (unpaired) electrons. The van der Waals surface area contributed by atoms with E-state index in [9.17, 15) is 4.79 Å². The van der Waals surface area contributed by atoms with Gasteiger partial charge in [0.2, 0.25) is 5.91 Å². The third-order valence-electron chi connectivity index (χ3n) is 3.48. The van der Waals surface area contributed by atoms with Gasteiger partial charge in [-0.05, 0) is 60.0 Å². The highest BCUT2D eigenvalue weighted by Crippen LogP contribution is 2.25. The fourth-order valence-corrected chi connectivity index (χ4v) is 2.67. The van der Waals surface area contributed by atoms with Gasteiger partial charge in [0.25, 0.3) is 0 Å². The molecule has 0 atom stereocenters. The normalized spacial score (nSPS) is 10.5. The number of carbonyl (C=O) groups excluding carboxylic acids is 1. The number of nitrogens with one attached hydrogen (secondary N) is 1. The van der Waals surface area contributed by atoms with Crippen LogP contribution in [-0.4, -0.2) is 38.6 Å². The standard InChI is InChI=1S/C18H21IN2O3/c1-21(11-13-4-9-16(23-2)10-17(13)24-3)12-18(22)20-15-7-5-14(19)6-8-15/h4-10H,11-12H2,1-3H3,(H,20,22). The van der Waals surface area contributed by atoms with Gasteiger partial charge in [-0.25, -0.2) is 0 Å². The van der Waals surface area contributed by atoms with Crippen LogP contribution >= 0.6 is 22.6 Å². The Balaban J connectivity index is 1.93. The Hall–Kier alpha value is -1.80. The molecule has 24 heavy (non-hydrogen) atoms. The molecule has 128 valence electrons. The molecule has 0 bridgehead atoms. The lowest BCUT2D eigenvalue weighted by atomic mass is 10.2. The van der Waals surface area contributed by atoms with Crippen molar-refractivity contribution >= 4 is 34.2 Å². The van der Waals surface area contributed by atoms with Crippen molar-refractivity contribution in [2.45, 2.75) is 6.54 Å². The molecule has 0 aliphatic carbocycles. The molecule has 2 rings (SSSR count). The number of ether oxygens (including phenoxy) is 2. The van der Waals surface area contributed by atoms with Crippen molar-refractivity contribution in [1.29, 1.82) is 0 Å². The van der Waals surface area contributed by atoms with Crippen LogP contribution in [0.1, 0.15) is 5.56 Å². The second-order valence-corrected chi connectivity index (χ2v) is 6.65. The first-order valence-electron chi connectivity index (χ1n) is 7.46. The van der Waals surface area contributed by atoms with E-state index in [1.807, 2.05) is 54.4 Å². The molecule has 0 aliphatic rings. The van der Waals surface area contributed by atoms with Crippen LogP contribution in [-0.2, 0) is 11.3 Å². The summed E-state index contributed by atoms with van der Waals surface area (Å²) < 4.78 is 11.7. The van der Waals surface area contributed by atoms with Gasteiger partial charge in [0, 0.05) is 27.4 Å². The molecule has 6 heteroatoms. The molecular weight excluding hydrogens is 419 g/mol. The zero-order valence-corrected chi connectivity index (χ0v) is 16.2. The number of amides is 1. The van der Waals surface area contributed by atoms with Crippen LogP contribution in [0, 0.1) is 3.57 Å². The highest BCUT2D eigenvalue weighted by molar-refractivity contribution is 14.1. The number of likely N-dealkylation sites (N-methyl/N-ethyl adjacent to an activating group) is 1. The number of methoxy groups -OCH3 is 2. The summed E-state index contributed by atoms with van der Waals surface area (Å²) in [4.78, 5) is 14.1. The minimum atomic E-state index is -0.0498. The molecule has 0 saturated heterocycles. The Morgan fingerprint density at radius 3 is 2.46 bits per heavy atom. The summed E-state index contributed by atoms with van der Waals surface area (Å²) in [6.07, 6.45) is 0. The van der Waals surface area contributed by atoms with E-state index >= 15 is 0 Å². The highest BCUT2D eigenvalue weighted by atomic mass is 127. The number of hydrogen-bond donors (Lipinski definition) is 1. The Morgan fingerprint density at radius 2 is 1.83 bits per heavy atom. The third-order valence-corrected chi connectivity index (χ3v) is 4.20. The van der Waals surface area contributed by atoms with Crippen LogP contribution < -0.4 is 14.8 Å². The second kappa shape index (κ2) is 8.89. The lowest BCUT2D eigenvalue weighted by molar-refractivity contribution is -0.117. The molecule has 5 nitrogen and oxygen atoms in total. The Labute approximate surface area is 156 Å². The molecule has 2 aromatic carbocycles. The van der Waals surface area contributed by atoms with Gasteiger partial charge >= 0.3 is 0 Å². The third kappa shape index (κ3) is 5.38. The van der Waals surface area contributed by atoms with Crippen LogP contribution in [0.25, 0.3) is 0 Å². The van der Waals surface area contributed by atoms with Crippen molar-refractivity contribution in [2.24, 2.45) is 0 Å². The molecule has 1 amide bonds. The van der Waals surface area contributed by atoms with Gasteiger partial charge in [0.1, 0.15) is 11.5 Å². The second-order valence-electron chi connectivity index (χ2n) is 5.41. The minimum Gasteiger partial charge on any atom is -0.497 e. The summed E-state index contributed by atoms with van der Waals surface area (Å²) >= 11 is 2.23. The van der Waals surface area contributed by atoms with Gasteiger partial charge in [-0.2, -0.15) is 0 Å². The molecule has 1 N–H and O–H groups in total. The number of anilines is 1. The van der Waals surface area contributed by atoms with E-state index in [0.29, 0.717) is 13.1 Å². The quantitative estimate of drug-likeness (QED) is 0.671. The van der Waals surface area contributed by atoms with Crippen LogP contribution in [0.2, 0.25) is 0 Å². The van der Waals surface area contributed by atoms with Crippen molar-refractivity contribution in [2.75, 3.05) is 33.1 Å². The zero-order valence-electron chi connectivity index (χ0n) is 14.0. The zero-order chi connectivity index (χ0) is 17.5. The number of benzene rings is 2. The van der Waals surface area contributed by atoms with Gasteiger partial charge < -0.3 is 14.8 Å². The van der Waals surface area contributed by atoms with Crippen molar-refractivity contribution in [3.63, 3.8) is 0 Å². The average molecular weight is 440 g/mol. The molecule has 0 aliphatic heterocycles. The van der Waals surface area contributed by atoms with E-state index in [2.05, 4.69) is 27.9 Å². The fraction of sp³-hybridized carbons (Fsp3) is 0.278. The number of rotatable bonds is 7. The lowest BCUT2D eigenvalue weighted by Crippen LogP contribution is -2.29. The molecule has 0 unspecified atom stereocenters. The highest BCUT2D eigenvalue weighted by Gasteiger charge is 2.11. The van der Waals surface area contributed by atoms with E-state index in [1.165, 1.54) is 0 Å².